The van der Waals surface area contributed by atoms with Crippen molar-refractivity contribution in [3.63, 3.8) is 0 Å². The molecule has 1 amide bonds. The van der Waals surface area contributed by atoms with Crippen molar-refractivity contribution in [1.82, 2.24) is 0 Å². The SMILES string of the molecule is Cl.O=C1CN=C(c2ccccc2)c2c(sc3c2CCCC3)N1. The van der Waals surface area contributed by atoms with E-state index in [4.69, 9.17) is 0 Å². The second-order valence-corrected chi connectivity index (χ2v) is 6.60. The van der Waals surface area contributed by atoms with E-state index in [9.17, 15) is 4.79 Å². The average molecular weight is 333 g/mol. The molecule has 2 aliphatic rings. The Kier molecular flexibility index (Phi) is 4.32. The third kappa shape index (κ3) is 2.57. The zero-order chi connectivity index (χ0) is 14.2. The molecule has 0 atom stereocenters. The molecule has 0 unspecified atom stereocenters. The van der Waals surface area contributed by atoms with Gasteiger partial charge >= 0.3 is 0 Å². The Labute approximate surface area is 139 Å². The molecule has 1 N–H and O–H groups in total. The number of hydrogen-bond acceptors (Lipinski definition) is 3. The van der Waals surface area contributed by atoms with Crippen LogP contribution in [0.2, 0.25) is 0 Å². The maximum Gasteiger partial charge on any atom is 0.246 e. The van der Waals surface area contributed by atoms with Gasteiger partial charge in [0.2, 0.25) is 5.91 Å². The van der Waals surface area contributed by atoms with Crippen molar-refractivity contribution in [1.29, 1.82) is 0 Å². The van der Waals surface area contributed by atoms with Crippen molar-refractivity contribution in [2.24, 2.45) is 4.99 Å². The minimum atomic E-state index is -0.0132. The third-order valence-electron chi connectivity index (χ3n) is 4.09. The van der Waals surface area contributed by atoms with E-state index in [0.29, 0.717) is 0 Å². The molecule has 0 fully saturated rings. The van der Waals surface area contributed by atoms with Gasteiger partial charge in [0.25, 0.3) is 0 Å². The van der Waals surface area contributed by atoms with Crippen LogP contribution in [-0.4, -0.2) is 18.2 Å². The van der Waals surface area contributed by atoms with Crippen molar-refractivity contribution in [3.8, 4) is 0 Å². The number of halogens is 1. The van der Waals surface area contributed by atoms with Gasteiger partial charge in [-0.1, -0.05) is 30.3 Å². The van der Waals surface area contributed by atoms with Crippen LogP contribution in [-0.2, 0) is 17.6 Å². The van der Waals surface area contributed by atoms with Crippen molar-refractivity contribution < 1.29 is 4.79 Å². The maximum atomic E-state index is 11.9. The largest absolute Gasteiger partial charge is 0.316 e. The highest BCUT2D eigenvalue weighted by molar-refractivity contribution is 7.17. The van der Waals surface area contributed by atoms with Gasteiger partial charge in [-0.25, -0.2) is 0 Å². The van der Waals surface area contributed by atoms with Gasteiger partial charge in [-0.3, -0.25) is 9.79 Å². The molecule has 3 nitrogen and oxygen atoms in total. The maximum absolute atomic E-state index is 11.9. The number of amides is 1. The van der Waals surface area contributed by atoms with E-state index in [0.717, 1.165) is 29.1 Å². The zero-order valence-corrected chi connectivity index (χ0v) is 13.7. The Morgan fingerprint density at radius 2 is 1.86 bits per heavy atom. The molecule has 5 heteroatoms. The van der Waals surface area contributed by atoms with Crippen molar-refractivity contribution in [2.75, 3.05) is 11.9 Å². The lowest BCUT2D eigenvalue weighted by molar-refractivity contribution is -0.114. The topological polar surface area (TPSA) is 41.5 Å². The van der Waals surface area contributed by atoms with Crippen LogP contribution < -0.4 is 5.32 Å². The number of carbonyl (C=O) groups is 1. The van der Waals surface area contributed by atoms with Gasteiger partial charge in [-0.15, -0.1) is 23.7 Å². The number of nitrogens with zero attached hydrogens (tertiary/aromatic N) is 1. The van der Waals surface area contributed by atoms with E-state index >= 15 is 0 Å². The molecule has 0 spiro atoms. The fourth-order valence-electron chi connectivity index (χ4n) is 3.13. The number of aliphatic imine (C=N–C) groups is 1. The molecule has 0 saturated heterocycles. The molecule has 0 radical (unpaired) electrons. The molecular formula is C17H17ClN2OS. The Bertz CT molecular complexity index is 737. The number of anilines is 1. The zero-order valence-electron chi connectivity index (χ0n) is 12.1. The fraction of sp³-hybridized carbons (Fsp3) is 0.294. The van der Waals surface area contributed by atoms with Gasteiger partial charge in [0.05, 0.1) is 5.71 Å². The van der Waals surface area contributed by atoms with E-state index in [1.54, 1.807) is 11.3 Å². The summed E-state index contributed by atoms with van der Waals surface area (Å²) >= 11 is 1.74. The lowest BCUT2D eigenvalue weighted by Gasteiger charge is -2.14. The van der Waals surface area contributed by atoms with E-state index < -0.39 is 0 Å². The van der Waals surface area contributed by atoms with Crippen LogP contribution in [0.15, 0.2) is 35.3 Å². The third-order valence-corrected chi connectivity index (χ3v) is 5.30. The van der Waals surface area contributed by atoms with Crippen LogP contribution in [0.3, 0.4) is 0 Å². The number of nitrogens with one attached hydrogen (secondary N) is 1. The first kappa shape index (κ1) is 15.3. The van der Waals surface area contributed by atoms with Crippen LogP contribution >= 0.6 is 23.7 Å². The molecule has 2 aromatic rings. The van der Waals surface area contributed by atoms with Crippen molar-refractivity contribution >= 4 is 40.4 Å². The molecule has 0 saturated carbocycles. The molecule has 1 aromatic heterocycles. The Morgan fingerprint density at radius 1 is 1.09 bits per heavy atom. The second-order valence-electron chi connectivity index (χ2n) is 5.49. The van der Waals surface area contributed by atoms with Gasteiger partial charge in [-0.05, 0) is 31.2 Å². The monoisotopic (exact) mass is 332 g/mol. The second kappa shape index (κ2) is 6.23. The standard InChI is InChI=1S/C17H16N2OS.ClH/c20-14-10-18-16(11-6-2-1-3-7-11)15-12-8-4-5-9-13(12)21-17(15)19-14;/h1-3,6-7H,4-5,8-10H2,(H,19,20);1H. The number of hydrogen-bond donors (Lipinski definition) is 1. The molecule has 4 rings (SSSR count). The summed E-state index contributed by atoms with van der Waals surface area (Å²) in [4.78, 5) is 18.0. The summed E-state index contributed by atoms with van der Waals surface area (Å²) in [5, 5.41) is 4.04. The minimum absolute atomic E-state index is 0. The van der Waals surface area contributed by atoms with E-state index in [1.165, 1.54) is 28.8 Å². The predicted molar refractivity (Wildman–Crippen MR) is 93.8 cm³/mol. The predicted octanol–water partition coefficient (Wildman–Crippen LogP) is 3.84. The highest BCUT2D eigenvalue weighted by atomic mass is 35.5. The molecule has 1 aliphatic carbocycles. The quantitative estimate of drug-likeness (QED) is 0.847. The Hall–Kier alpha value is -1.65. The number of fused-ring (bicyclic) bond motifs is 3. The summed E-state index contributed by atoms with van der Waals surface area (Å²) in [6.07, 6.45) is 4.71. The van der Waals surface area contributed by atoms with Gasteiger partial charge in [0.1, 0.15) is 11.5 Å². The highest BCUT2D eigenvalue weighted by Gasteiger charge is 2.27. The molecule has 1 aromatic carbocycles. The van der Waals surface area contributed by atoms with Crippen LogP contribution in [0.1, 0.15) is 34.4 Å². The summed E-state index contributed by atoms with van der Waals surface area (Å²) in [5.41, 5.74) is 4.66. The number of rotatable bonds is 1. The number of aryl methyl sites for hydroxylation is 1. The minimum Gasteiger partial charge on any atom is -0.316 e. The van der Waals surface area contributed by atoms with E-state index in [1.807, 2.05) is 18.2 Å². The van der Waals surface area contributed by atoms with Crippen LogP contribution in [0.5, 0.6) is 0 Å². The first-order valence-corrected chi connectivity index (χ1v) is 8.19. The Morgan fingerprint density at radius 3 is 2.68 bits per heavy atom. The summed E-state index contributed by atoms with van der Waals surface area (Å²) in [7, 11) is 0. The normalized spacial score (nSPS) is 16.5. The molecular weight excluding hydrogens is 316 g/mol. The number of carbonyl (C=O) groups excluding carboxylic acids is 1. The van der Waals surface area contributed by atoms with Crippen LogP contribution in [0.4, 0.5) is 5.00 Å². The lowest BCUT2D eigenvalue weighted by Crippen LogP contribution is -2.12. The van der Waals surface area contributed by atoms with E-state index in [2.05, 4.69) is 22.4 Å². The summed E-state index contributed by atoms with van der Waals surface area (Å²) in [6.45, 7) is 0.209. The molecule has 2 heterocycles. The lowest BCUT2D eigenvalue weighted by atomic mass is 9.91. The first-order valence-electron chi connectivity index (χ1n) is 7.37. The summed E-state index contributed by atoms with van der Waals surface area (Å²) in [6, 6.07) is 10.2. The number of benzene rings is 1. The first-order chi connectivity index (χ1) is 10.3. The van der Waals surface area contributed by atoms with Crippen molar-refractivity contribution in [3.05, 3.63) is 51.9 Å². The molecule has 0 bridgehead atoms. The van der Waals surface area contributed by atoms with Gasteiger partial charge in [0, 0.05) is 16.0 Å². The average Bonchev–Trinajstić information content (AvgIpc) is 2.78. The van der Waals surface area contributed by atoms with Crippen LogP contribution in [0, 0.1) is 0 Å². The van der Waals surface area contributed by atoms with E-state index in [-0.39, 0.29) is 24.9 Å². The highest BCUT2D eigenvalue weighted by Crippen LogP contribution is 2.40. The molecule has 1 aliphatic heterocycles. The molecule has 22 heavy (non-hydrogen) atoms. The Balaban J connectivity index is 0.00000144. The van der Waals surface area contributed by atoms with Crippen LogP contribution in [0.25, 0.3) is 0 Å². The smallest absolute Gasteiger partial charge is 0.246 e. The summed E-state index contributed by atoms with van der Waals surface area (Å²) < 4.78 is 0. The van der Waals surface area contributed by atoms with Crippen molar-refractivity contribution in [2.45, 2.75) is 25.7 Å². The number of thiophene rings is 1. The van der Waals surface area contributed by atoms with Gasteiger partial charge in [0.15, 0.2) is 0 Å². The summed E-state index contributed by atoms with van der Waals surface area (Å²) in [5.74, 6) is -0.0132. The molecule has 114 valence electrons. The fourth-order valence-corrected chi connectivity index (χ4v) is 4.44. The van der Waals surface area contributed by atoms with Gasteiger partial charge in [-0.2, -0.15) is 0 Å². The van der Waals surface area contributed by atoms with Gasteiger partial charge < -0.3 is 5.32 Å².